The quantitative estimate of drug-likeness (QED) is 0.812. The van der Waals surface area contributed by atoms with Crippen molar-refractivity contribution in [2.75, 3.05) is 30.9 Å². The highest BCUT2D eigenvalue weighted by molar-refractivity contribution is 9.10. The van der Waals surface area contributed by atoms with Crippen LogP contribution in [0.4, 0.5) is 11.4 Å². The Balaban J connectivity index is 1.72. The van der Waals surface area contributed by atoms with E-state index in [1.807, 2.05) is 62.6 Å². The molecule has 1 aliphatic heterocycles. The van der Waals surface area contributed by atoms with Gasteiger partial charge in [0.2, 0.25) is 11.8 Å². The van der Waals surface area contributed by atoms with Crippen molar-refractivity contribution in [3.05, 3.63) is 58.6 Å². The number of para-hydroxylation sites is 2. The number of benzene rings is 2. The minimum absolute atomic E-state index is 0.0290. The number of nitrogens with one attached hydrogen (secondary N) is 1. The minimum Gasteiger partial charge on any atom is -0.325 e. The molecule has 1 atom stereocenters. The second-order valence-electron chi connectivity index (χ2n) is 6.74. The van der Waals surface area contributed by atoms with Crippen LogP contribution in [0.25, 0.3) is 0 Å². The summed E-state index contributed by atoms with van der Waals surface area (Å²) in [5.74, 6) is -0.500. The number of halogens is 1. The summed E-state index contributed by atoms with van der Waals surface area (Å²) >= 11 is 3.48. The topological polar surface area (TPSA) is 52.7 Å². The highest BCUT2D eigenvalue weighted by Gasteiger charge is 2.35. The molecule has 0 bridgehead atoms. The van der Waals surface area contributed by atoms with Gasteiger partial charge in [-0.05, 0) is 53.8 Å². The van der Waals surface area contributed by atoms with E-state index in [1.165, 1.54) is 0 Å². The fourth-order valence-corrected chi connectivity index (χ4v) is 3.64. The van der Waals surface area contributed by atoms with Gasteiger partial charge in [0.1, 0.15) is 0 Å². The van der Waals surface area contributed by atoms with Crippen molar-refractivity contribution >= 4 is 39.1 Å². The predicted molar refractivity (Wildman–Crippen MR) is 107 cm³/mol. The first-order valence-corrected chi connectivity index (χ1v) is 9.33. The molecular formula is C20H22BrN3O2. The maximum absolute atomic E-state index is 12.7. The van der Waals surface area contributed by atoms with Gasteiger partial charge in [0.05, 0.1) is 11.6 Å². The fourth-order valence-electron chi connectivity index (χ4n) is 3.14. The normalized spacial score (nSPS) is 17.0. The van der Waals surface area contributed by atoms with Gasteiger partial charge in [-0.15, -0.1) is 0 Å². The molecule has 1 aliphatic rings. The third kappa shape index (κ3) is 4.14. The number of hydrogen-bond acceptors (Lipinski definition) is 3. The van der Waals surface area contributed by atoms with E-state index in [0.29, 0.717) is 6.54 Å². The minimum atomic E-state index is -0.359. The van der Waals surface area contributed by atoms with Gasteiger partial charge < -0.3 is 15.1 Å². The molecule has 26 heavy (non-hydrogen) atoms. The van der Waals surface area contributed by atoms with Crippen LogP contribution in [-0.2, 0) is 16.1 Å². The molecule has 0 saturated carbocycles. The van der Waals surface area contributed by atoms with Crippen molar-refractivity contribution in [1.82, 2.24) is 4.90 Å². The predicted octanol–water partition coefficient (Wildman–Crippen LogP) is 3.50. The molecule has 6 heteroatoms. The van der Waals surface area contributed by atoms with Crippen molar-refractivity contribution in [3.63, 3.8) is 0 Å². The Bertz CT molecular complexity index is 822. The van der Waals surface area contributed by atoms with Crippen molar-refractivity contribution in [3.8, 4) is 0 Å². The molecule has 1 N–H and O–H groups in total. The lowest BCUT2D eigenvalue weighted by atomic mass is 10.1. The molecule has 1 unspecified atom stereocenters. The van der Waals surface area contributed by atoms with Gasteiger partial charge in [0.25, 0.3) is 0 Å². The van der Waals surface area contributed by atoms with Gasteiger partial charge in [-0.1, -0.05) is 30.3 Å². The molecule has 136 valence electrons. The summed E-state index contributed by atoms with van der Waals surface area (Å²) in [7, 11) is 3.98. The Hall–Kier alpha value is -2.18. The Labute approximate surface area is 162 Å². The number of amides is 2. The van der Waals surface area contributed by atoms with Crippen molar-refractivity contribution in [1.29, 1.82) is 0 Å². The second kappa shape index (κ2) is 8.01. The summed E-state index contributed by atoms with van der Waals surface area (Å²) in [5.41, 5.74) is 2.66. The summed E-state index contributed by atoms with van der Waals surface area (Å²) in [5, 5.41) is 3.01. The number of carbonyl (C=O) groups is 2. The van der Waals surface area contributed by atoms with Gasteiger partial charge in [-0.25, -0.2) is 0 Å². The van der Waals surface area contributed by atoms with E-state index >= 15 is 0 Å². The van der Waals surface area contributed by atoms with E-state index in [2.05, 4.69) is 26.1 Å². The molecule has 2 aromatic rings. The van der Waals surface area contributed by atoms with E-state index in [1.54, 1.807) is 4.90 Å². The Kier molecular flexibility index (Phi) is 5.74. The molecule has 0 aliphatic carbocycles. The largest absolute Gasteiger partial charge is 0.325 e. The zero-order valence-corrected chi connectivity index (χ0v) is 16.5. The first kappa shape index (κ1) is 18.6. The summed E-state index contributed by atoms with van der Waals surface area (Å²) in [4.78, 5) is 28.9. The zero-order valence-electron chi connectivity index (χ0n) is 14.9. The van der Waals surface area contributed by atoms with E-state index in [9.17, 15) is 9.59 Å². The molecule has 0 aromatic heterocycles. The first-order chi connectivity index (χ1) is 12.5. The van der Waals surface area contributed by atoms with Crippen molar-refractivity contribution in [2.45, 2.75) is 13.0 Å². The molecule has 3 rings (SSSR count). The number of anilines is 2. The smallest absolute Gasteiger partial charge is 0.229 e. The summed E-state index contributed by atoms with van der Waals surface area (Å²) in [6, 6.07) is 15.3. The van der Waals surface area contributed by atoms with E-state index in [4.69, 9.17) is 0 Å². The fraction of sp³-hybridized carbons (Fsp3) is 0.300. The van der Waals surface area contributed by atoms with Crippen LogP contribution < -0.4 is 10.2 Å². The third-order valence-electron chi connectivity index (χ3n) is 4.40. The average molecular weight is 416 g/mol. The Morgan fingerprint density at radius 2 is 1.88 bits per heavy atom. The van der Waals surface area contributed by atoms with Crippen LogP contribution >= 0.6 is 15.9 Å². The van der Waals surface area contributed by atoms with Crippen LogP contribution in [0.15, 0.2) is 53.0 Å². The Morgan fingerprint density at radius 1 is 1.19 bits per heavy atom. The van der Waals surface area contributed by atoms with E-state index in [0.717, 1.165) is 28.0 Å². The first-order valence-electron chi connectivity index (χ1n) is 8.54. The molecule has 2 aromatic carbocycles. The molecule has 1 fully saturated rings. The van der Waals surface area contributed by atoms with Crippen LogP contribution in [-0.4, -0.2) is 37.4 Å². The standard InChI is InChI=1S/C20H22BrN3O2/c1-23(2)12-14-7-3-5-9-17(14)22-20(26)15-11-19(25)24(13-15)18-10-6-4-8-16(18)21/h3-10,15H,11-13H2,1-2H3,(H,22,26). The third-order valence-corrected chi connectivity index (χ3v) is 5.07. The molecule has 2 amide bonds. The lowest BCUT2D eigenvalue weighted by Gasteiger charge is -2.19. The molecule has 5 nitrogen and oxygen atoms in total. The SMILES string of the molecule is CN(C)Cc1ccccc1NC(=O)C1CC(=O)N(c2ccccc2Br)C1. The highest BCUT2D eigenvalue weighted by Crippen LogP contribution is 2.31. The molecule has 0 spiro atoms. The van der Waals surface area contributed by atoms with Gasteiger partial charge >= 0.3 is 0 Å². The lowest BCUT2D eigenvalue weighted by Crippen LogP contribution is -2.28. The zero-order chi connectivity index (χ0) is 18.7. The van der Waals surface area contributed by atoms with Crippen LogP contribution in [0.1, 0.15) is 12.0 Å². The highest BCUT2D eigenvalue weighted by atomic mass is 79.9. The summed E-state index contributed by atoms with van der Waals surface area (Å²) in [6.45, 7) is 1.13. The molecule has 0 radical (unpaired) electrons. The summed E-state index contributed by atoms with van der Waals surface area (Å²) < 4.78 is 0.853. The molecule has 1 heterocycles. The lowest BCUT2D eigenvalue weighted by molar-refractivity contribution is -0.122. The number of nitrogens with zero attached hydrogens (tertiary/aromatic N) is 2. The van der Waals surface area contributed by atoms with Crippen LogP contribution in [0.5, 0.6) is 0 Å². The van der Waals surface area contributed by atoms with Gasteiger partial charge in [-0.3, -0.25) is 9.59 Å². The monoisotopic (exact) mass is 415 g/mol. The van der Waals surface area contributed by atoms with Crippen LogP contribution in [0, 0.1) is 5.92 Å². The van der Waals surface area contributed by atoms with E-state index in [-0.39, 0.29) is 24.2 Å². The second-order valence-corrected chi connectivity index (χ2v) is 7.60. The van der Waals surface area contributed by atoms with Gasteiger partial charge in [0, 0.05) is 29.7 Å². The number of rotatable bonds is 5. The Morgan fingerprint density at radius 3 is 2.62 bits per heavy atom. The average Bonchev–Trinajstić information content (AvgIpc) is 2.98. The number of hydrogen-bond donors (Lipinski definition) is 1. The van der Waals surface area contributed by atoms with E-state index < -0.39 is 0 Å². The van der Waals surface area contributed by atoms with Crippen LogP contribution in [0.3, 0.4) is 0 Å². The van der Waals surface area contributed by atoms with Crippen molar-refractivity contribution in [2.24, 2.45) is 5.92 Å². The van der Waals surface area contributed by atoms with Crippen molar-refractivity contribution < 1.29 is 9.59 Å². The van der Waals surface area contributed by atoms with Gasteiger partial charge in [-0.2, -0.15) is 0 Å². The maximum atomic E-state index is 12.7. The molecular weight excluding hydrogens is 394 g/mol. The maximum Gasteiger partial charge on any atom is 0.229 e. The van der Waals surface area contributed by atoms with Crippen LogP contribution in [0.2, 0.25) is 0 Å². The summed E-state index contributed by atoms with van der Waals surface area (Å²) in [6.07, 6.45) is 0.225. The van der Waals surface area contributed by atoms with Gasteiger partial charge in [0.15, 0.2) is 0 Å². The molecule has 1 saturated heterocycles. The number of carbonyl (C=O) groups excluding carboxylic acids is 2.